The molecule has 1 saturated carbocycles. The van der Waals surface area contributed by atoms with Gasteiger partial charge in [0.25, 0.3) is 0 Å². The Bertz CT molecular complexity index is 264. The van der Waals surface area contributed by atoms with E-state index in [1.807, 2.05) is 32.7 Å². The number of hydrogen-bond donors (Lipinski definition) is 1. The van der Waals surface area contributed by atoms with Crippen LogP contribution in [0.1, 0.15) is 59.3 Å². The minimum absolute atomic E-state index is 0.0818. The van der Waals surface area contributed by atoms with E-state index < -0.39 is 6.04 Å². The molecular weight excluding hydrogens is 224 g/mol. The van der Waals surface area contributed by atoms with Crippen molar-refractivity contribution in [3.8, 4) is 0 Å². The number of likely N-dealkylation sites (N-methyl/N-ethyl adjacent to an activating group) is 1. The number of carbonyl (C=O) groups is 1. The summed E-state index contributed by atoms with van der Waals surface area (Å²) in [4.78, 5) is 14.0. The summed E-state index contributed by atoms with van der Waals surface area (Å²) in [5.74, 6) is 0.901. The van der Waals surface area contributed by atoms with Crippen molar-refractivity contribution in [2.45, 2.75) is 65.3 Å². The standard InChI is InChI=1S/C15H30N2O/c1-15(2,3)13(16)14(18)17(4)11-10-12-8-6-5-7-9-12/h12-13H,5-11,16H2,1-4H3/t13-/m1/s1. The summed E-state index contributed by atoms with van der Waals surface area (Å²) < 4.78 is 0. The Kier molecular flexibility index (Phi) is 5.64. The SMILES string of the molecule is CN(CCC1CCCCC1)C(=O)[C@@H](N)C(C)(C)C. The Morgan fingerprint density at radius 3 is 2.33 bits per heavy atom. The van der Waals surface area contributed by atoms with E-state index >= 15 is 0 Å². The molecular formula is C15H30N2O. The molecule has 1 rings (SSSR count). The van der Waals surface area contributed by atoms with Crippen molar-refractivity contribution in [2.75, 3.05) is 13.6 Å². The summed E-state index contributed by atoms with van der Waals surface area (Å²) in [6.07, 6.45) is 7.94. The quantitative estimate of drug-likeness (QED) is 0.838. The van der Waals surface area contributed by atoms with Crippen molar-refractivity contribution in [3.63, 3.8) is 0 Å². The van der Waals surface area contributed by atoms with Gasteiger partial charge in [-0.3, -0.25) is 4.79 Å². The van der Waals surface area contributed by atoms with Crippen LogP contribution in [0.15, 0.2) is 0 Å². The molecule has 0 aromatic rings. The molecule has 0 radical (unpaired) electrons. The van der Waals surface area contributed by atoms with Gasteiger partial charge in [-0.25, -0.2) is 0 Å². The largest absolute Gasteiger partial charge is 0.344 e. The summed E-state index contributed by atoms with van der Waals surface area (Å²) in [7, 11) is 1.89. The second-order valence-corrected chi connectivity index (χ2v) is 6.90. The van der Waals surface area contributed by atoms with Crippen LogP contribution in [0, 0.1) is 11.3 Å². The average molecular weight is 254 g/mol. The summed E-state index contributed by atoms with van der Waals surface area (Å²) in [6, 6.07) is -0.395. The first kappa shape index (κ1) is 15.5. The van der Waals surface area contributed by atoms with Crippen molar-refractivity contribution in [1.29, 1.82) is 0 Å². The molecule has 0 aromatic carbocycles. The van der Waals surface area contributed by atoms with Gasteiger partial charge in [0.15, 0.2) is 0 Å². The number of rotatable bonds is 4. The highest BCUT2D eigenvalue weighted by Gasteiger charge is 2.29. The van der Waals surface area contributed by atoms with Gasteiger partial charge in [0.2, 0.25) is 5.91 Å². The van der Waals surface area contributed by atoms with Gasteiger partial charge >= 0.3 is 0 Å². The molecule has 2 N–H and O–H groups in total. The number of nitrogens with two attached hydrogens (primary N) is 1. The molecule has 1 aliphatic carbocycles. The maximum absolute atomic E-state index is 12.2. The fraction of sp³-hybridized carbons (Fsp3) is 0.933. The molecule has 0 aromatic heterocycles. The van der Waals surface area contributed by atoms with E-state index in [9.17, 15) is 4.79 Å². The van der Waals surface area contributed by atoms with Crippen LogP contribution in [0.4, 0.5) is 0 Å². The summed E-state index contributed by atoms with van der Waals surface area (Å²) in [5, 5.41) is 0. The second kappa shape index (κ2) is 6.55. The van der Waals surface area contributed by atoms with Gasteiger partial charge < -0.3 is 10.6 Å². The molecule has 18 heavy (non-hydrogen) atoms. The molecule has 3 heteroatoms. The highest BCUT2D eigenvalue weighted by molar-refractivity contribution is 5.82. The predicted octanol–water partition coefficient (Wildman–Crippen LogP) is 2.79. The molecule has 0 saturated heterocycles. The molecule has 0 bridgehead atoms. The van der Waals surface area contributed by atoms with E-state index in [-0.39, 0.29) is 11.3 Å². The van der Waals surface area contributed by atoms with Crippen LogP contribution in [0.2, 0.25) is 0 Å². The zero-order chi connectivity index (χ0) is 13.8. The van der Waals surface area contributed by atoms with Crippen molar-refractivity contribution in [3.05, 3.63) is 0 Å². The number of carbonyl (C=O) groups excluding carboxylic acids is 1. The average Bonchev–Trinajstić information content (AvgIpc) is 2.34. The zero-order valence-electron chi connectivity index (χ0n) is 12.5. The molecule has 1 fully saturated rings. The molecule has 0 spiro atoms. The monoisotopic (exact) mass is 254 g/mol. The highest BCUT2D eigenvalue weighted by Crippen LogP contribution is 2.26. The molecule has 1 aliphatic rings. The lowest BCUT2D eigenvalue weighted by Gasteiger charge is -2.31. The molecule has 0 unspecified atom stereocenters. The Morgan fingerprint density at radius 2 is 1.83 bits per heavy atom. The van der Waals surface area contributed by atoms with E-state index in [1.54, 1.807) is 0 Å². The third-order valence-corrected chi connectivity index (χ3v) is 4.17. The van der Waals surface area contributed by atoms with Gasteiger partial charge in [0, 0.05) is 13.6 Å². The topological polar surface area (TPSA) is 46.3 Å². The van der Waals surface area contributed by atoms with E-state index in [0.29, 0.717) is 0 Å². The van der Waals surface area contributed by atoms with Gasteiger partial charge in [-0.05, 0) is 17.8 Å². The molecule has 0 aliphatic heterocycles. The fourth-order valence-corrected chi connectivity index (χ4v) is 2.57. The lowest BCUT2D eigenvalue weighted by Crippen LogP contribution is -2.49. The smallest absolute Gasteiger partial charge is 0.239 e. The van der Waals surface area contributed by atoms with E-state index in [2.05, 4.69) is 0 Å². The van der Waals surface area contributed by atoms with Gasteiger partial charge in [-0.1, -0.05) is 52.9 Å². The molecule has 3 nitrogen and oxygen atoms in total. The molecule has 0 heterocycles. The van der Waals surface area contributed by atoms with Crippen LogP contribution in [0.3, 0.4) is 0 Å². The van der Waals surface area contributed by atoms with E-state index in [4.69, 9.17) is 5.73 Å². The summed E-state index contributed by atoms with van der Waals surface area (Å²) in [6.45, 7) is 6.91. The Balaban J connectivity index is 2.35. The highest BCUT2D eigenvalue weighted by atomic mass is 16.2. The molecule has 1 amide bonds. The zero-order valence-corrected chi connectivity index (χ0v) is 12.5. The predicted molar refractivity (Wildman–Crippen MR) is 76.3 cm³/mol. The van der Waals surface area contributed by atoms with Crippen LogP contribution in [-0.2, 0) is 4.79 Å². The van der Waals surface area contributed by atoms with Crippen LogP contribution in [0.5, 0.6) is 0 Å². The van der Waals surface area contributed by atoms with Crippen molar-refractivity contribution >= 4 is 5.91 Å². The first-order chi connectivity index (χ1) is 8.32. The maximum Gasteiger partial charge on any atom is 0.239 e. The number of nitrogens with zero attached hydrogens (tertiary/aromatic N) is 1. The van der Waals surface area contributed by atoms with Crippen molar-refractivity contribution < 1.29 is 4.79 Å². The van der Waals surface area contributed by atoms with Gasteiger partial charge in [0.1, 0.15) is 0 Å². The summed E-state index contributed by atoms with van der Waals surface area (Å²) >= 11 is 0. The van der Waals surface area contributed by atoms with Crippen LogP contribution in [0.25, 0.3) is 0 Å². The maximum atomic E-state index is 12.2. The third kappa shape index (κ3) is 4.60. The van der Waals surface area contributed by atoms with Crippen LogP contribution >= 0.6 is 0 Å². The molecule has 1 atom stereocenters. The van der Waals surface area contributed by atoms with E-state index in [0.717, 1.165) is 18.9 Å². The second-order valence-electron chi connectivity index (χ2n) is 6.90. The minimum Gasteiger partial charge on any atom is -0.344 e. The first-order valence-electron chi connectivity index (χ1n) is 7.33. The number of hydrogen-bond acceptors (Lipinski definition) is 2. The lowest BCUT2D eigenvalue weighted by atomic mass is 9.85. The van der Waals surface area contributed by atoms with Crippen molar-refractivity contribution in [1.82, 2.24) is 4.90 Å². The van der Waals surface area contributed by atoms with Crippen LogP contribution < -0.4 is 5.73 Å². The van der Waals surface area contributed by atoms with Gasteiger partial charge in [0.05, 0.1) is 6.04 Å². The van der Waals surface area contributed by atoms with Crippen molar-refractivity contribution in [2.24, 2.45) is 17.1 Å². The third-order valence-electron chi connectivity index (χ3n) is 4.17. The lowest BCUT2D eigenvalue weighted by molar-refractivity contribution is -0.133. The summed E-state index contributed by atoms with van der Waals surface area (Å²) in [5.41, 5.74) is 5.86. The fourth-order valence-electron chi connectivity index (χ4n) is 2.57. The number of amides is 1. The van der Waals surface area contributed by atoms with E-state index in [1.165, 1.54) is 32.1 Å². The van der Waals surface area contributed by atoms with Gasteiger partial charge in [-0.15, -0.1) is 0 Å². The Morgan fingerprint density at radius 1 is 1.28 bits per heavy atom. The first-order valence-corrected chi connectivity index (χ1v) is 7.33. The Hall–Kier alpha value is -0.570. The normalized spacial score (nSPS) is 19.6. The Labute approximate surface area is 112 Å². The van der Waals surface area contributed by atoms with Crippen LogP contribution in [-0.4, -0.2) is 30.4 Å². The molecule has 106 valence electrons. The minimum atomic E-state index is -0.395. The van der Waals surface area contributed by atoms with Gasteiger partial charge in [-0.2, -0.15) is 0 Å².